The first-order valence-corrected chi connectivity index (χ1v) is 11.6. The minimum Gasteiger partial charge on any atom is -0.480 e. The number of hydrogen-bond donors (Lipinski definition) is 4. The molecule has 0 saturated carbocycles. The first-order chi connectivity index (χ1) is 17.7. The Morgan fingerprint density at radius 3 is 2.41 bits per heavy atom. The summed E-state index contributed by atoms with van der Waals surface area (Å²) in [6, 6.07) is 15.3. The highest BCUT2D eigenvalue weighted by atomic mass is 19.1. The molecule has 3 aromatic carbocycles. The van der Waals surface area contributed by atoms with E-state index in [4.69, 9.17) is 16.6 Å². The maximum Gasteiger partial charge on any atom is 0.323 e. The van der Waals surface area contributed by atoms with Crippen molar-refractivity contribution in [3.05, 3.63) is 88.9 Å². The number of carbonyl (C=O) groups excluding carboxylic acids is 1. The van der Waals surface area contributed by atoms with E-state index in [9.17, 15) is 19.1 Å². The van der Waals surface area contributed by atoms with Crippen molar-refractivity contribution >= 4 is 28.7 Å². The molecule has 0 saturated heterocycles. The Morgan fingerprint density at radius 2 is 1.73 bits per heavy atom. The van der Waals surface area contributed by atoms with Crippen LogP contribution in [0.2, 0.25) is 0 Å². The molecule has 0 fully saturated rings. The Labute approximate surface area is 211 Å². The lowest BCUT2D eigenvalue weighted by Gasteiger charge is -2.18. The number of carboxylic acids is 1. The predicted molar refractivity (Wildman–Crippen MR) is 135 cm³/mol. The number of amides is 1. The van der Waals surface area contributed by atoms with Gasteiger partial charge in [0.15, 0.2) is 0 Å². The molecule has 188 valence electrons. The van der Waals surface area contributed by atoms with Gasteiger partial charge in [-0.3, -0.25) is 9.59 Å². The molecule has 37 heavy (non-hydrogen) atoms. The van der Waals surface area contributed by atoms with E-state index in [0.29, 0.717) is 40.7 Å². The lowest BCUT2D eigenvalue weighted by Crippen LogP contribution is -2.42. The van der Waals surface area contributed by atoms with Crippen molar-refractivity contribution in [3.8, 4) is 11.1 Å². The number of anilines is 1. The number of carbonyl (C=O) groups is 2. The van der Waals surface area contributed by atoms with Crippen molar-refractivity contribution in [3.63, 3.8) is 0 Å². The third-order valence-corrected chi connectivity index (χ3v) is 6.56. The van der Waals surface area contributed by atoms with Gasteiger partial charge in [-0.1, -0.05) is 36.4 Å². The van der Waals surface area contributed by atoms with Gasteiger partial charge in [-0.05, 0) is 52.1 Å². The van der Waals surface area contributed by atoms with E-state index < -0.39 is 23.9 Å². The van der Waals surface area contributed by atoms with E-state index in [2.05, 4.69) is 9.97 Å². The number of aliphatic hydroxyl groups is 1. The summed E-state index contributed by atoms with van der Waals surface area (Å²) >= 11 is 0. The molecular formula is C27H24FN5O4. The summed E-state index contributed by atoms with van der Waals surface area (Å²) in [6.07, 6.45) is -1.50. The summed E-state index contributed by atoms with van der Waals surface area (Å²) in [4.78, 5) is 34.9. The molecule has 1 aliphatic heterocycles. The summed E-state index contributed by atoms with van der Waals surface area (Å²) in [5, 5.41) is 19.9. The molecule has 5 rings (SSSR count). The number of rotatable bonds is 6. The third kappa shape index (κ3) is 4.72. The van der Waals surface area contributed by atoms with Crippen LogP contribution in [0.15, 0.2) is 60.7 Å². The van der Waals surface area contributed by atoms with E-state index in [0.717, 1.165) is 11.1 Å². The minimum atomic E-state index is -1.50. The van der Waals surface area contributed by atoms with Crippen LogP contribution in [0.1, 0.15) is 27.2 Å². The van der Waals surface area contributed by atoms with Crippen LogP contribution in [0.4, 0.5) is 10.3 Å². The van der Waals surface area contributed by atoms with E-state index >= 15 is 0 Å². The number of nitrogens with zero attached hydrogens (tertiary/aromatic N) is 3. The van der Waals surface area contributed by atoms with Crippen LogP contribution in [-0.4, -0.2) is 49.1 Å². The largest absolute Gasteiger partial charge is 0.480 e. The molecule has 0 spiro atoms. The second-order valence-corrected chi connectivity index (χ2v) is 9.03. The average molecular weight is 502 g/mol. The van der Waals surface area contributed by atoms with Gasteiger partial charge in [0.2, 0.25) is 5.95 Å². The van der Waals surface area contributed by atoms with Crippen molar-refractivity contribution < 1.29 is 24.2 Å². The zero-order chi connectivity index (χ0) is 26.3. The van der Waals surface area contributed by atoms with Gasteiger partial charge in [0.25, 0.3) is 5.91 Å². The van der Waals surface area contributed by atoms with Gasteiger partial charge >= 0.3 is 5.97 Å². The Hall–Kier alpha value is -4.41. The molecule has 2 unspecified atom stereocenters. The number of carboxylic acid groups (broad SMARTS) is 1. The van der Waals surface area contributed by atoms with Crippen LogP contribution in [0.5, 0.6) is 0 Å². The topological polar surface area (TPSA) is 156 Å². The van der Waals surface area contributed by atoms with E-state index in [1.807, 2.05) is 24.3 Å². The summed E-state index contributed by atoms with van der Waals surface area (Å²) in [6.45, 7) is 0.881. The zero-order valence-corrected chi connectivity index (χ0v) is 19.6. The van der Waals surface area contributed by atoms with Gasteiger partial charge in [-0.25, -0.2) is 14.4 Å². The Morgan fingerprint density at radius 1 is 1.03 bits per heavy atom. The number of fused-ring (bicyclic) bond motifs is 2. The van der Waals surface area contributed by atoms with Crippen LogP contribution < -0.4 is 11.5 Å². The monoisotopic (exact) mass is 501 g/mol. The van der Waals surface area contributed by atoms with Crippen LogP contribution in [-0.2, 0) is 24.3 Å². The molecule has 10 heteroatoms. The molecule has 0 aliphatic carbocycles. The Kier molecular flexibility index (Phi) is 6.28. The maximum atomic E-state index is 14.3. The first kappa shape index (κ1) is 24.3. The first-order valence-electron chi connectivity index (χ1n) is 11.6. The number of aliphatic hydroxyl groups excluding tert-OH is 1. The number of nitrogen functional groups attached to an aromatic ring is 1. The highest BCUT2D eigenvalue weighted by molar-refractivity contribution is 6.06. The van der Waals surface area contributed by atoms with E-state index in [1.165, 1.54) is 18.2 Å². The number of hydrogen-bond acceptors (Lipinski definition) is 7. The highest BCUT2D eigenvalue weighted by Gasteiger charge is 2.27. The molecular weight excluding hydrogens is 477 g/mol. The zero-order valence-electron chi connectivity index (χ0n) is 19.6. The van der Waals surface area contributed by atoms with Gasteiger partial charge in [0, 0.05) is 24.9 Å². The van der Waals surface area contributed by atoms with Crippen LogP contribution in [0.25, 0.3) is 22.0 Å². The minimum absolute atomic E-state index is 0.0439. The summed E-state index contributed by atoms with van der Waals surface area (Å²) in [5.74, 6) is -2.22. The Balaban J connectivity index is 1.56. The number of nitrogens with two attached hydrogens (primary N) is 2. The fourth-order valence-corrected chi connectivity index (χ4v) is 4.62. The van der Waals surface area contributed by atoms with Crippen molar-refractivity contribution in [2.24, 2.45) is 5.73 Å². The van der Waals surface area contributed by atoms with Gasteiger partial charge in [-0.2, -0.15) is 0 Å². The Bertz CT molecular complexity index is 1520. The second-order valence-electron chi connectivity index (χ2n) is 9.03. The number of halogens is 1. The number of aromatic nitrogens is 2. The summed E-state index contributed by atoms with van der Waals surface area (Å²) < 4.78 is 14.3. The van der Waals surface area contributed by atoms with Crippen LogP contribution >= 0.6 is 0 Å². The fraction of sp³-hybridized carbons (Fsp3) is 0.185. The van der Waals surface area contributed by atoms with Crippen molar-refractivity contribution in [2.45, 2.75) is 31.7 Å². The average Bonchev–Trinajstić information content (AvgIpc) is 3.32. The van der Waals surface area contributed by atoms with Crippen molar-refractivity contribution in [1.82, 2.24) is 14.9 Å². The molecule has 0 bridgehead atoms. The van der Waals surface area contributed by atoms with E-state index in [-0.39, 0.29) is 24.0 Å². The predicted octanol–water partition coefficient (Wildman–Crippen LogP) is 2.49. The molecule has 0 radical (unpaired) electrons. The summed E-state index contributed by atoms with van der Waals surface area (Å²) in [7, 11) is 0. The molecule has 2 heterocycles. The second kappa shape index (κ2) is 9.57. The molecule has 1 aliphatic rings. The van der Waals surface area contributed by atoms with Crippen LogP contribution in [0.3, 0.4) is 0 Å². The van der Waals surface area contributed by atoms with Gasteiger partial charge in [0.05, 0.1) is 11.6 Å². The van der Waals surface area contributed by atoms with Gasteiger partial charge < -0.3 is 26.6 Å². The van der Waals surface area contributed by atoms with E-state index in [1.54, 1.807) is 23.1 Å². The lowest BCUT2D eigenvalue weighted by atomic mass is 9.93. The summed E-state index contributed by atoms with van der Waals surface area (Å²) in [5.41, 5.74) is 15.6. The normalized spacial score (nSPS) is 14.4. The molecule has 4 aromatic rings. The van der Waals surface area contributed by atoms with Crippen molar-refractivity contribution in [1.29, 1.82) is 0 Å². The lowest BCUT2D eigenvalue weighted by molar-refractivity contribution is -0.141. The number of aliphatic carboxylic acids is 1. The third-order valence-electron chi connectivity index (χ3n) is 6.56. The molecule has 2 atom stereocenters. The molecule has 6 N–H and O–H groups in total. The van der Waals surface area contributed by atoms with Gasteiger partial charge in [0.1, 0.15) is 17.6 Å². The molecule has 1 amide bonds. The number of benzene rings is 3. The molecule has 1 aromatic heterocycles. The van der Waals surface area contributed by atoms with Gasteiger partial charge in [-0.15, -0.1) is 0 Å². The van der Waals surface area contributed by atoms with Crippen LogP contribution in [0, 0.1) is 5.82 Å². The standard InChI is InChI=1S/C27H24FN5O4/c28-18-7-5-15(10-22(34)23(29)26(36)37)19(11-18)14-6-8-21-20(9-14)24(32-27(30)31-21)25(35)33-12-16-3-1-2-4-17(16)13-33/h1-9,11,22-23,34H,10,12-13,29H2,(H,36,37)(H2,30,31,32). The fourth-order valence-electron chi connectivity index (χ4n) is 4.62. The maximum absolute atomic E-state index is 14.3. The molecule has 9 nitrogen and oxygen atoms in total. The highest BCUT2D eigenvalue weighted by Crippen LogP contribution is 2.31. The smallest absolute Gasteiger partial charge is 0.323 e. The SMILES string of the molecule is Nc1nc(C(=O)N2Cc3ccccc3C2)c2cc(-c3cc(F)ccc3CC(O)C(N)C(=O)O)ccc2n1. The quantitative estimate of drug-likeness (QED) is 0.314. The van der Waals surface area contributed by atoms with Crippen molar-refractivity contribution in [2.75, 3.05) is 5.73 Å².